The monoisotopic (exact) mass is 248 g/mol. The minimum Gasteiger partial charge on any atom is -0.330 e. The summed E-state index contributed by atoms with van der Waals surface area (Å²) in [6.07, 6.45) is -3.48. The molecule has 86 valence electrons. The number of nitrogens with zero attached hydrogens (tertiary/aromatic N) is 1. The van der Waals surface area contributed by atoms with Gasteiger partial charge in [-0.1, -0.05) is 23.4 Å². The first-order chi connectivity index (χ1) is 7.45. The van der Waals surface area contributed by atoms with Crippen molar-refractivity contribution in [1.29, 1.82) is 0 Å². The van der Waals surface area contributed by atoms with E-state index in [2.05, 4.69) is 16.8 Å². The van der Waals surface area contributed by atoms with E-state index in [0.29, 0.717) is 19.2 Å². The summed E-state index contributed by atoms with van der Waals surface area (Å²) in [5.41, 5.74) is 4.12. The SMILES string of the molecule is NCCC#Cc1cc(Cl)ncc1C(F)(F)F. The van der Waals surface area contributed by atoms with Gasteiger partial charge in [0.15, 0.2) is 0 Å². The normalized spacial score (nSPS) is 10.8. The minimum absolute atomic E-state index is 0.0231. The Hall–Kier alpha value is -1.25. The second-order valence-corrected chi connectivity index (χ2v) is 3.28. The van der Waals surface area contributed by atoms with E-state index in [1.165, 1.54) is 0 Å². The maximum atomic E-state index is 12.5. The first kappa shape index (κ1) is 12.8. The van der Waals surface area contributed by atoms with Crippen LogP contribution in [0.1, 0.15) is 17.5 Å². The van der Waals surface area contributed by atoms with Gasteiger partial charge in [-0.3, -0.25) is 0 Å². The minimum atomic E-state index is -4.48. The summed E-state index contributed by atoms with van der Waals surface area (Å²) in [6, 6.07) is 1.09. The molecular formula is C10H8ClF3N2. The van der Waals surface area contributed by atoms with Gasteiger partial charge in [-0.15, -0.1) is 0 Å². The Labute approximate surface area is 95.6 Å². The molecule has 0 aliphatic rings. The van der Waals surface area contributed by atoms with Crippen LogP contribution < -0.4 is 5.73 Å². The summed E-state index contributed by atoms with van der Waals surface area (Å²) >= 11 is 5.51. The lowest BCUT2D eigenvalue weighted by Gasteiger charge is -2.08. The molecule has 1 aromatic rings. The Morgan fingerprint density at radius 2 is 2.12 bits per heavy atom. The molecule has 2 N–H and O–H groups in total. The Morgan fingerprint density at radius 3 is 2.69 bits per heavy atom. The van der Waals surface area contributed by atoms with Gasteiger partial charge in [0, 0.05) is 24.7 Å². The van der Waals surface area contributed by atoms with E-state index in [0.717, 1.165) is 6.07 Å². The predicted molar refractivity (Wildman–Crippen MR) is 54.8 cm³/mol. The quantitative estimate of drug-likeness (QED) is 0.612. The molecule has 2 nitrogen and oxygen atoms in total. The fourth-order valence-corrected chi connectivity index (χ4v) is 1.15. The number of nitrogens with two attached hydrogens (primary N) is 1. The fraction of sp³-hybridized carbons (Fsp3) is 0.300. The van der Waals surface area contributed by atoms with E-state index in [1.807, 2.05) is 0 Å². The molecule has 0 unspecified atom stereocenters. The number of halogens is 4. The van der Waals surface area contributed by atoms with E-state index in [4.69, 9.17) is 17.3 Å². The third-order valence-corrected chi connectivity index (χ3v) is 1.88. The predicted octanol–water partition coefficient (Wildman–Crippen LogP) is 2.45. The number of rotatable bonds is 1. The van der Waals surface area contributed by atoms with Crippen molar-refractivity contribution >= 4 is 11.6 Å². The third-order valence-electron chi connectivity index (χ3n) is 1.67. The molecule has 0 aliphatic carbocycles. The summed E-state index contributed by atoms with van der Waals surface area (Å²) in [5, 5.41) is -0.0231. The molecule has 0 atom stereocenters. The first-order valence-corrected chi connectivity index (χ1v) is 4.74. The van der Waals surface area contributed by atoms with E-state index < -0.39 is 11.7 Å². The Balaban J connectivity index is 3.15. The summed E-state index contributed by atoms with van der Waals surface area (Å²) in [4.78, 5) is 3.39. The first-order valence-electron chi connectivity index (χ1n) is 4.37. The average molecular weight is 249 g/mol. The highest BCUT2D eigenvalue weighted by Crippen LogP contribution is 2.31. The topological polar surface area (TPSA) is 38.9 Å². The van der Waals surface area contributed by atoms with Gasteiger partial charge in [0.1, 0.15) is 5.15 Å². The van der Waals surface area contributed by atoms with Crippen molar-refractivity contribution in [3.8, 4) is 11.8 Å². The van der Waals surface area contributed by atoms with Gasteiger partial charge in [0.2, 0.25) is 0 Å². The zero-order valence-corrected chi connectivity index (χ0v) is 8.86. The average Bonchev–Trinajstić information content (AvgIpc) is 2.16. The molecule has 6 heteroatoms. The molecule has 1 rings (SSSR count). The van der Waals surface area contributed by atoms with Crippen LogP contribution in [0.2, 0.25) is 5.15 Å². The van der Waals surface area contributed by atoms with Crippen LogP contribution in [0.4, 0.5) is 13.2 Å². The Bertz CT molecular complexity index is 432. The van der Waals surface area contributed by atoms with E-state index in [9.17, 15) is 13.2 Å². The number of hydrogen-bond acceptors (Lipinski definition) is 2. The van der Waals surface area contributed by atoms with Gasteiger partial charge < -0.3 is 5.73 Å². The zero-order valence-electron chi connectivity index (χ0n) is 8.11. The van der Waals surface area contributed by atoms with Crippen LogP contribution in [0.3, 0.4) is 0 Å². The summed E-state index contributed by atoms with van der Waals surface area (Å²) in [5.74, 6) is 4.92. The van der Waals surface area contributed by atoms with Crippen LogP contribution in [0.5, 0.6) is 0 Å². The van der Waals surface area contributed by atoms with Gasteiger partial charge in [-0.25, -0.2) is 4.98 Å². The van der Waals surface area contributed by atoms with Crippen LogP contribution in [-0.4, -0.2) is 11.5 Å². The van der Waals surface area contributed by atoms with E-state index >= 15 is 0 Å². The molecule has 0 saturated carbocycles. The highest BCUT2D eigenvalue weighted by molar-refractivity contribution is 6.29. The zero-order chi connectivity index (χ0) is 12.2. The summed E-state index contributed by atoms with van der Waals surface area (Å²) < 4.78 is 37.5. The van der Waals surface area contributed by atoms with Crippen LogP contribution in [0, 0.1) is 11.8 Å². The van der Waals surface area contributed by atoms with E-state index in [-0.39, 0.29) is 10.7 Å². The lowest BCUT2D eigenvalue weighted by atomic mass is 10.1. The molecular weight excluding hydrogens is 241 g/mol. The van der Waals surface area contributed by atoms with Gasteiger partial charge in [-0.05, 0) is 6.07 Å². The number of hydrogen-bond donors (Lipinski definition) is 1. The van der Waals surface area contributed by atoms with Gasteiger partial charge in [-0.2, -0.15) is 13.2 Å². The molecule has 0 fully saturated rings. The lowest BCUT2D eigenvalue weighted by molar-refractivity contribution is -0.138. The van der Waals surface area contributed by atoms with Crippen molar-refractivity contribution in [2.75, 3.05) is 6.54 Å². The second kappa shape index (κ2) is 5.19. The molecule has 16 heavy (non-hydrogen) atoms. The van der Waals surface area contributed by atoms with Crippen molar-refractivity contribution in [1.82, 2.24) is 4.98 Å². The van der Waals surface area contributed by atoms with Crippen LogP contribution >= 0.6 is 11.6 Å². The van der Waals surface area contributed by atoms with Gasteiger partial charge >= 0.3 is 6.18 Å². The van der Waals surface area contributed by atoms with Crippen LogP contribution in [0.15, 0.2) is 12.3 Å². The smallest absolute Gasteiger partial charge is 0.330 e. The number of alkyl halides is 3. The molecule has 1 aromatic heterocycles. The molecule has 0 spiro atoms. The molecule has 0 aliphatic heterocycles. The fourth-order valence-electron chi connectivity index (χ4n) is 0.989. The third kappa shape index (κ3) is 3.40. The Kier molecular flexibility index (Phi) is 4.16. The van der Waals surface area contributed by atoms with Gasteiger partial charge in [0.25, 0.3) is 0 Å². The molecule has 0 radical (unpaired) electrons. The maximum absolute atomic E-state index is 12.5. The standard InChI is InChI=1S/C10H8ClF3N2/c11-9-5-7(3-1-2-4-15)8(6-16-9)10(12,13)14/h5-6H,2,4,15H2. The van der Waals surface area contributed by atoms with Crippen molar-refractivity contribution in [3.05, 3.63) is 28.5 Å². The van der Waals surface area contributed by atoms with Crippen molar-refractivity contribution in [2.24, 2.45) is 5.73 Å². The number of aromatic nitrogens is 1. The van der Waals surface area contributed by atoms with Crippen molar-refractivity contribution < 1.29 is 13.2 Å². The van der Waals surface area contributed by atoms with E-state index in [1.54, 1.807) is 0 Å². The second-order valence-electron chi connectivity index (χ2n) is 2.89. The maximum Gasteiger partial charge on any atom is 0.419 e. The largest absolute Gasteiger partial charge is 0.419 e. The van der Waals surface area contributed by atoms with Crippen molar-refractivity contribution in [3.63, 3.8) is 0 Å². The summed E-state index contributed by atoms with van der Waals surface area (Å²) in [7, 11) is 0. The highest BCUT2D eigenvalue weighted by Gasteiger charge is 2.33. The highest BCUT2D eigenvalue weighted by atomic mass is 35.5. The molecule has 0 amide bonds. The van der Waals surface area contributed by atoms with Gasteiger partial charge in [0.05, 0.1) is 5.56 Å². The Morgan fingerprint density at radius 1 is 1.44 bits per heavy atom. The van der Waals surface area contributed by atoms with Crippen molar-refractivity contribution in [2.45, 2.75) is 12.6 Å². The molecule has 0 aromatic carbocycles. The molecule has 0 bridgehead atoms. The molecule has 1 heterocycles. The van der Waals surface area contributed by atoms with Crippen LogP contribution in [0.25, 0.3) is 0 Å². The van der Waals surface area contributed by atoms with Crippen LogP contribution in [-0.2, 0) is 6.18 Å². The summed E-state index contributed by atoms with van der Waals surface area (Å²) in [6.45, 7) is 0.299. The lowest BCUT2D eigenvalue weighted by Crippen LogP contribution is -2.08. The molecule has 0 saturated heterocycles. The number of pyridine rings is 1.